The van der Waals surface area contributed by atoms with Gasteiger partial charge in [-0.05, 0) is 24.0 Å². The highest BCUT2D eigenvalue weighted by atomic mass is 16.6. The van der Waals surface area contributed by atoms with Crippen LogP contribution in [0.2, 0.25) is 0 Å². The molecular weight excluding hydrogens is 356 g/mol. The van der Waals surface area contributed by atoms with E-state index in [1.165, 1.54) is 11.1 Å². The molecule has 4 atom stereocenters. The summed E-state index contributed by atoms with van der Waals surface area (Å²) in [5, 5.41) is 0. The molecule has 28 heavy (non-hydrogen) atoms. The minimum atomic E-state index is 0.446. The van der Waals surface area contributed by atoms with E-state index in [9.17, 15) is 0 Å². The van der Waals surface area contributed by atoms with Crippen LogP contribution in [0.3, 0.4) is 0 Å². The fourth-order valence-electron chi connectivity index (χ4n) is 3.88. The average molecular weight is 389 g/mol. The number of epoxide rings is 4. The Morgan fingerprint density at radius 1 is 0.643 bits per heavy atom. The molecule has 6 nitrogen and oxygen atoms in total. The SMILES string of the molecule is c1cc(CCN(CC2CO2)CC2CO2)cc(CCN(CC2CO2)CC2CO2)c1. The minimum Gasteiger partial charge on any atom is -0.372 e. The Morgan fingerprint density at radius 3 is 1.32 bits per heavy atom. The van der Waals surface area contributed by atoms with E-state index in [1.54, 1.807) is 0 Å². The smallest absolute Gasteiger partial charge is 0.0936 e. The number of hydrogen-bond donors (Lipinski definition) is 0. The van der Waals surface area contributed by atoms with Gasteiger partial charge >= 0.3 is 0 Å². The third kappa shape index (κ3) is 6.51. The number of rotatable bonds is 14. The van der Waals surface area contributed by atoms with Crippen LogP contribution in [-0.4, -0.2) is 99.9 Å². The van der Waals surface area contributed by atoms with E-state index in [-0.39, 0.29) is 0 Å². The maximum Gasteiger partial charge on any atom is 0.0936 e. The van der Waals surface area contributed by atoms with Gasteiger partial charge in [0, 0.05) is 39.3 Å². The van der Waals surface area contributed by atoms with E-state index in [1.807, 2.05) is 0 Å². The van der Waals surface area contributed by atoms with Crippen LogP contribution in [0.5, 0.6) is 0 Å². The highest BCUT2D eigenvalue weighted by molar-refractivity contribution is 5.24. The lowest BCUT2D eigenvalue weighted by atomic mass is 10.1. The van der Waals surface area contributed by atoms with Crippen molar-refractivity contribution < 1.29 is 18.9 Å². The van der Waals surface area contributed by atoms with Gasteiger partial charge in [0.2, 0.25) is 0 Å². The molecule has 4 heterocycles. The Hall–Kier alpha value is -1.02. The van der Waals surface area contributed by atoms with E-state index in [4.69, 9.17) is 18.9 Å². The molecule has 0 spiro atoms. The van der Waals surface area contributed by atoms with Crippen LogP contribution in [0.4, 0.5) is 0 Å². The molecule has 6 heteroatoms. The molecule has 1 aromatic rings. The Bertz CT molecular complexity index is 562. The minimum absolute atomic E-state index is 0.446. The van der Waals surface area contributed by atoms with E-state index in [0.717, 1.165) is 78.5 Å². The molecule has 0 bridgehead atoms. The zero-order chi connectivity index (χ0) is 18.8. The zero-order valence-corrected chi connectivity index (χ0v) is 16.6. The molecule has 4 aliphatic heterocycles. The maximum atomic E-state index is 5.43. The van der Waals surface area contributed by atoms with Crippen molar-refractivity contribution in [3.63, 3.8) is 0 Å². The predicted octanol–water partition coefficient (Wildman–Crippen LogP) is 0.971. The molecule has 4 unspecified atom stereocenters. The summed E-state index contributed by atoms with van der Waals surface area (Å²) in [6, 6.07) is 9.12. The summed E-state index contributed by atoms with van der Waals surface area (Å²) < 4.78 is 21.7. The lowest BCUT2D eigenvalue weighted by Crippen LogP contribution is -2.33. The first-order valence-corrected chi connectivity index (χ1v) is 10.8. The summed E-state index contributed by atoms with van der Waals surface area (Å²) in [4.78, 5) is 5.02. The first kappa shape index (κ1) is 19.0. The summed E-state index contributed by atoms with van der Waals surface area (Å²) in [6.45, 7) is 10.0. The van der Waals surface area contributed by atoms with Gasteiger partial charge in [0.15, 0.2) is 0 Å². The third-order valence-electron chi connectivity index (χ3n) is 5.88. The van der Waals surface area contributed by atoms with E-state index in [0.29, 0.717) is 24.4 Å². The highest BCUT2D eigenvalue weighted by Gasteiger charge is 2.31. The van der Waals surface area contributed by atoms with Gasteiger partial charge in [-0.2, -0.15) is 0 Å². The number of benzene rings is 1. The van der Waals surface area contributed by atoms with Gasteiger partial charge in [0.25, 0.3) is 0 Å². The largest absolute Gasteiger partial charge is 0.372 e. The molecule has 4 saturated heterocycles. The molecule has 4 aliphatic rings. The van der Waals surface area contributed by atoms with Crippen molar-refractivity contribution >= 4 is 0 Å². The molecule has 1 aromatic carbocycles. The van der Waals surface area contributed by atoms with Crippen LogP contribution in [-0.2, 0) is 31.8 Å². The Morgan fingerprint density at radius 2 is 1.00 bits per heavy atom. The lowest BCUT2D eigenvalue weighted by molar-refractivity contribution is 0.221. The van der Waals surface area contributed by atoms with Crippen LogP contribution >= 0.6 is 0 Å². The fourth-order valence-corrected chi connectivity index (χ4v) is 3.88. The second-order valence-electron chi connectivity index (χ2n) is 8.66. The van der Waals surface area contributed by atoms with Gasteiger partial charge in [-0.1, -0.05) is 24.3 Å². The van der Waals surface area contributed by atoms with Crippen molar-refractivity contribution in [2.75, 3.05) is 65.7 Å². The van der Waals surface area contributed by atoms with Crippen molar-refractivity contribution in [3.05, 3.63) is 35.4 Å². The van der Waals surface area contributed by atoms with Gasteiger partial charge in [-0.25, -0.2) is 0 Å². The summed E-state index contributed by atoms with van der Waals surface area (Å²) in [5.41, 5.74) is 2.86. The lowest BCUT2D eigenvalue weighted by Gasteiger charge is -2.21. The number of nitrogens with zero attached hydrogens (tertiary/aromatic N) is 2. The molecule has 0 aromatic heterocycles. The molecule has 0 saturated carbocycles. The Labute approximate surface area is 167 Å². The van der Waals surface area contributed by atoms with Gasteiger partial charge in [0.05, 0.1) is 50.8 Å². The molecule has 0 N–H and O–H groups in total. The van der Waals surface area contributed by atoms with Crippen LogP contribution < -0.4 is 0 Å². The normalized spacial score (nSPS) is 30.1. The molecule has 0 aliphatic carbocycles. The van der Waals surface area contributed by atoms with Gasteiger partial charge in [0.1, 0.15) is 0 Å². The highest BCUT2D eigenvalue weighted by Crippen LogP contribution is 2.18. The topological polar surface area (TPSA) is 56.6 Å². The monoisotopic (exact) mass is 388 g/mol. The van der Waals surface area contributed by atoms with Crippen molar-refractivity contribution in [1.82, 2.24) is 9.80 Å². The molecular formula is C22H32N2O4. The zero-order valence-electron chi connectivity index (χ0n) is 16.6. The molecule has 0 radical (unpaired) electrons. The van der Waals surface area contributed by atoms with Gasteiger partial charge in [-0.3, -0.25) is 9.80 Å². The second kappa shape index (κ2) is 8.78. The van der Waals surface area contributed by atoms with E-state index >= 15 is 0 Å². The fraction of sp³-hybridized carbons (Fsp3) is 0.727. The summed E-state index contributed by atoms with van der Waals surface area (Å²) in [7, 11) is 0. The third-order valence-corrected chi connectivity index (χ3v) is 5.88. The van der Waals surface area contributed by atoms with Crippen molar-refractivity contribution in [3.8, 4) is 0 Å². The van der Waals surface area contributed by atoms with Crippen LogP contribution in [0.1, 0.15) is 11.1 Å². The molecule has 4 fully saturated rings. The molecule has 0 amide bonds. The number of hydrogen-bond acceptors (Lipinski definition) is 6. The van der Waals surface area contributed by atoms with Crippen molar-refractivity contribution in [2.24, 2.45) is 0 Å². The Kier molecular flexibility index (Phi) is 5.95. The summed E-state index contributed by atoms with van der Waals surface area (Å²) >= 11 is 0. The first-order chi connectivity index (χ1) is 13.8. The predicted molar refractivity (Wildman–Crippen MR) is 106 cm³/mol. The van der Waals surface area contributed by atoms with Crippen LogP contribution in [0.15, 0.2) is 24.3 Å². The first-order valence-electron chi connectivity index (χ1n) is 10.8. The standard InChI is InChI=1S/C22H32N2O4/c1-2-17(4-6-23(9-19-13-25-19)10-20-14-26-20)8-18(3-1)5-7-24(11-21-15-27-21)12-22-16-28-22/h1-3,8,19-22H,4-7,9-16H2. The quantitative estimate of drug-likeness (QED) is 0.443. The van der Waals surface area contributed by atoms with Crippen molar-refractivity contribution in [1.29, 1.82) is 0 Å². The summed E-state index contributed by atoms with van der Waals surface area (Å²) in [5.74, 6) is 0. The Balaban J connectivity index is 1.10. The van der Waals surface area contributed by atoms with Crippen LogP contribution in [0.25, 0.3) is 0 Å². The van der Waals surface area contributed by atoms with E-state index in [2.05, 4.69) is 34.1 Å². The van der Waals surface area contributed by atoms with Gasteiger partial charge in [-0.15, -0.1) is 0 Å². The molecule has 154 valence electrons. The van der Waals surface area contributed by atoms with E-state index < -0.39 is 0 Å². The average Bonchev–Trinajstić information content (AvgIpc) is 3.55. The summed E-state index contributed by atoms with van der Waals surface area (Å²) in [6.07, 6.45) is 3.96. The van der Waals surface area contributed by atoms with Gasteiger partial charge < -0.3 is 18.9 Å². The van der Waals surface area contributed by atoms with Crippen molar-refractivity contribution in [2.45, 2.75) is 37.3 Å². The second-order valence-corrected chi connectivity index (χ2v) is 8.66. The van der Waals surface area contributed by atoms with Crippen LogP contribution in [0, 0.1) is 0 Å². The maximum absolute atomic E-state index is 5.43. The number of ether oxygens (including phenoxy) is 4. The molecule has 5 rings (SSSR count).